The van der Waals surface area contributed by atoms with Gasteiger partial charge in [-0.3, -0.25) is 0 Å². The third-order valence-electron chi connectivity index (χ3n) is 3.24. The van der Waals surface area contributed by atoms with E-state index < -0.39 is 6.10 Å². The smallest absolute Gasteiger partial charge is 0.0762 e. The van der Waals surface area contributed by atoms with Crippen LogP contribution in [0.25, 0.3) is 0 Å². The zero-order valence-electron chi connectivity index (χ0n) is 11.4. The number of hydrogen-bond acceptors (Lipinski definition) is 2. The molecule has 19 heavy (non-hydrogen) atoms. The molecule has 0 aliphatic heterocycles. The second kappa shape index (κ2) is 5.76. The first-order chi connectivity index (χ1) is 8.99. The van der Waals surface area contributed by atoms with Gasteiger partial charge in [0.15, 0.2) is 0 Å². The van der Waals surface area contributed by atoms with Gasteiger partial charge in [-0.15, -0.1) is 0 Å². The second-order valence-electron chi connectivity index (χ2n) is 4.78. The number of anilines is 2. The van der Waals surface area contributed by atoms with Crippen molar-refractivity contribution in [2.45, 2.75) is 20.0 Å². The van der Waals surface area contributed by atoms with E-state index in [4.69, 9.17) is 0 Å². The summed E-state index contributed by atoms with van der Waals surface area (Å²) < 4.78 is 0.981. The van der Waals surface area contributed by atoms with E-state index in [0.717, 1.165) is 21.4 Å². The summed E-state index contributed by atoms with van der Waals surface area (Å²) in [5.41, 5.74) is 4.37. The second-order valence-corrected chi connectivity index (χ2v) is 5.64. The van der Waals surface area contributed by atoms with E-state index in [0.29, 0.717) is 0 Å². The molecule has 0 aliphatic rings. The minimum atomic E-state index is -0.449. The van der Waals surface area contributed by atoms with E-state index in [9.17, 15) is 5.11 Å². The molecule has 0 unspecified atom stereocenters. The number of rotatable bonds is 3. The molecule has 0 bridgehead atoms. The summed E-state index contributed by atoms with van der Waals surface area (Å²) in [4.78, 5) is 2.12. The van der Waals surface area contributed by atoms with Crippen LogP contribution in [-0.2, 0) is 0 Å². The first kappa shape index (κ1) is 14.1. The lowest BCUT2D eigenvalue weighted by Gasteiger charge is -2.22. The van der Waals surface area contributed by atoms with E-state index >= 15 is 0 Å². The summed E-state index contributed by atoms with van der Waals surface area (Å²) in [5, 5.41) is 9.59. The molecule has 0 saturated heterocycles. The number of halogens is 1. The molecule has 0 saturated carbocycles. The molecule has 2 aromatic carbocycles. The SMILES string of the molecule is Cc1ccc(N(C)c2ccc([C@@H](C)O)cc2Br)cc1. The standard InChI is InChI=1S/C16H18BrNO/c1-11-4-7-14(8-5-11)18(3)16-9-6-13(12(2)19)10-15(16)17/h4-10,12,19H,1-3H3/t12-/m1/s1. The van der Waals surface area contributed by atoms with Crippen molar-refractivity contribution in [3.8, 4) is 0 Å². The highest BCUT2D eigenvalue weighted by Gasteiger charge is 2.10. The highest BCUT2D eigenvalue weighted by molar-refractivity contribution is 9.10. The molecule has 0 amide bonds. The van der Waals surface area contributed by atoms with E-state index in [-0.39, 0.29) is 0 Å². The largest absolute Gasteiger partial charge is 0.389 e. The van der Waals surface area contributed by atoms with Gasteiger partial charge in [-0.05, 0) is 59.6 Å². The van der Waals surface area contributed by atoms with Crippen molar-refractivity contribution in [3.05, 3.63) is 58.1 Å². The number of benzene rings is 2. The normalized spacial score (nSPS) is 12.3. The van der Waals surface area contributed by atoms with Gasteiger partial charge in [0.2, 0.25) is 0 Å². The van der Waals surface area contributed by atoms with E-state index in [1.54, 1.807) is 6.92 Å². The highest BCUT2D eigenvalue weighted by Crippen LogP contribution is 2.32. The number of hydrogen-bond donors (Lipinski definition) is 1. The van der Waals surface area contributed by atoms with E-state index in [1.807, 2.05) is 25.2 Å². The van der Waals surface area contributed by atoms with Gasteiger partial charge in [0.25, 0.3) is 0 Å². The molecule has 3 heteroatoms. The molecule has 0 spiro atoms. The minimum absolute atomic E-state index is 0.449. The quantitative estimate of drug-likeness (QED) is 0.895. The number of aliphatic hydroxyl groups is 1. The molecule has 1 atom stereocenters. The summed E-state index contributed by atoms with van der Waals surface area (Å²) in [7, 11) is 2.03. The Morgan fingerprint density at radius 2 is 1.74 bits per heavy atom. The summed E-state index contributed by atoms with van der Waals surface area (Å²) >= 11 is 3.58. The fraction of sp³-hybridized carbons (Fsp3) is 0.250. The van der Waals surface area contributed by atoms with Crippen molar-refractivity contribution in [2.75, 3.05) is 11.9 Å². The molecular formula is C16H18BrNO. The molecular weight excluding hydrogens is 302 g/mol. The highest BCUT2D eigenvalue weighted by atomic mass is 79.9. The van der Waals surface area contributed by atoms with Gasteiger partial charge in [-0.2, -0.15) is 0 Å². The van der Waals surface area contributed by atoms with Crippen LogP contribution >= 0.6 is 15.9 Å². The van der Waals surface area contributed by atoms with Crippen LogP contribution in [-0.4, -0.2) is 12.2 Å². The molecule has 2 rings (SSSR count). The van der Waals surface area contributed by atoms with Crippen LogP contribution in [0.2, 0.25) is 0 Å². The van der Waals surface area contributed by atoms with Crippen LogP contribution < -0.4 is 4.90 Å². The molecule has 0 aromatic heterocycles. The average molecular weight is 320 g/mol. The maximum absolute atomic E-state index is 9.59. The molecule has 0 fully saturated rings. The van der Waals surface area contributed by atoms with Crippen LogP contribution in [0.1, 0.15) is 24.2 Å². The van der Waals surface area contributed by atoms with Crippen LogP contribution in [0.3, 0.4) is 0 Å². The van der Waals surface area contributed by atoms with Gasteiger partial charge in [0, 0.05) is 17.2 Å². The van der Waals surface area contributed by atoms with Crippen LogP contribution in [0.15, 0.2) is 46.9 Å². The molecule has 0 heterocycles. The predicted octanol–water partition coefficient (Wildman–Crippen LogP) is 4.58. The fourth-order valence-corrected chi connectivity index (χ4v) is 2.62. The van der Waals surface area contributed by atoms with Gasteiger partial charge >= 0.3 is 0 Å². The average Bonchev–Trinajstić information content (AvgIpc) is 2.38. The molecule has 100 valence electrons. The third kappa shape index (κ3) is 3.17. The third-order valence-corrected chi connectivity index (χ3v) is 3.87. The van der Waals surface area contributed by atoms with Crippen molar-refractivity contribution in [1.82, 2.24) is 0 Å². The first-order valence-electron chi connectivity index (χ1n) is 6.27. The Morgan fingerprint density at radius 1 is 1.11 bits per heavy atom. The summed E-state index contributed by atoms with van der Waals surface area (Å²) in [6, 6.07) is 14.3. The van der Waals surface area contributed by atoms with Crippen LogP contribution in [0, 0.1) is 6.92 Å². The zero-order chi connectivity index (χ0) is 14.0. The fourth-order valence-electron chi connectivity index (χ4n) is 1.96. The number of aryl methyl sites for hydroxylation is 1. The monoisotopic (exact) mass is 319 g/mol. The van der Waals surface area contributed by atoms with Crippen molar-refractivity contribution in [2.24, 2.45) is 0 Å². The van der Waals surface area contributed by atoms with E-state index in [2.05, 4.69) is 52.0 Å². The van der Waals surface area contributed by atoms with Crippen molar-refractivity contribution >= 4 is 27.3 Å². The molecule has 1 N–H and O–H groups in total. The summed E-state index contributed by atoms with van der Waals surface area (Å²) in [6.07, 6.45) is -0.449. The van der Waals surface area contributed by atoms with Gasteiger partial charge in [-0.25, -0.2) is 0 Å². The summed E-state index contributed by atoms with van der Waals surface area (Å²) in [6.45, 7) is 3.85. The molecule has 2 nitrogen and oxygen atoms in total. The lowest BCUT2D eigenvalue weighted by atomic mass is 10.1. The summed E-state index contributed by atoms with van der Waals surface area (Å²) in [5.74, 6) is 0. The molecule has 0 radical (unpaired) electrons. The lowest BCUT2D eigenvalue weighted by molar-refractivity contribution is 0.199. The lowest BCUT2D eigenvalue weighted by Crippen LogP contribution is -2.10. The van der Waals surface area contributed by atoms with Gasteiger partial charge in [0.1, 0.15) is 0 Å². The zero-order valence-corrected chi connectivity index (χ0v) is 13.0. The van der Waals surface area contributed by atoms with E-state index in [1.165, 1.54) is 5.56 Å². The Morgan fingerprint density at radius 3 is 2.26 bits per heavy atom. The Kier molecular flexibility index (Phi) is 4.27. The first-order valence-corrected chi connectivity index (χ1v) is 7.06. The Balaban J connectivity index is 2.33. The topological polar surface area (TPSA) is 23.5 Å². The number of aliphatic hydroxyl groups excluding tert-OH is 1. The molecule has 2 aromatic rings. The van der Waals surface area contributed by atoms with Crippen molar-refractivity contribution < 1.29 is 5.11 Å². The van der Waals surface area contributed by atoms with Crippen LogP contribution in [0.5, 0.6) is 0 Å². The Bertz CT molecular complexity index is 563. The number of nitrogens with zero attached hydrogens (tertiary/aromatic N) is 1. The predicted molar refractivity (Wildman–Crippen MR) is 84.0 cm³/mol. The maximum Gasteiger partial charge on any atom is 0.0762 e. The molecule has 0 aliphatic carbocycles. The van der Waals surface area contributed by atoms with Crippen molar-refractivity contribution in [3.63, 3.8) is 0 Å². The van der Waals surface area contributed by atoms with Crippen molar-refractivity contribution in [1.29, 1.82) is 0 Å². The Labute approximate surface area is 122 Å². The van der Waals surface area contributed by atoms with Crippen LogP contribution in [0.4, 0.5) is 11.4 Å². The maximum atomic E-state index is 9.59. The van der Waals surface area contributed by atoms with Gasteiger partial charge in [-0.1, -0.05) is 23.8 Å². The Hall–Kier alpha value is -1.32. The minimum Gasteiger partial charge on any atom is -0.389 e. The van der Waals surface area contributed by atoms with Gasteiger partial charge in [0.05, 0.1) is 11.8 Å². The van der Waals surface area contributed by atoms with Gasteiger partial charge < -0.3 is 10.0 Å².